The molecule has 0 spiro atoms. The van der Waals surface area contributed by atoms with Gasteiger partial charge in [0, 0.05) is 18.0 Å². The second-order valence-corrected chi connectivity index (χ2v) is 6.94. The zero-order valence-corrected chi connectivity index (χ0v) is 14.9. The molecule has 2 heterocycles. The first-order valence-electron chi connectivity index (χ1n) is 8.05. The van der Waals surface area contributed by atoms with Crippen molar-refractivity contribution in [2.75, 3.05) is 5.32 Å². The maximum Gasteiger partial charge on any atom is 0.231 e. The summed E-state index contributed by atoms with van der Waals surface area (Å²) < 4.78 is 9.72. The zero-order chi connectivity index (χ0) is 16.9. The standard InChI is InChI=1S/C17H21N5OS/c1-11(2)9-14-19-17(24-22-14)18-12(3)16-20-15(23-21-16)10-13-7-5-4-6-8-13/h4-8,11-12H,9-10H2,1-3H3,(H,18,19,22). The van der Waals surface area contributed by atoms with Crippen LogP contribution in [0.1, 0.15) is 49.9 Å². The third-order valence-electron chi connectivity index (χ3n) is 3.47. The fourth-order valence-corrected chi connectivity index (χ4v) is 2.98. The van der Waals surface area contributed by atoms with Crippen molar-refractivity contribution in [1.82, 2.24) is 19.5 Å². The maximum atomic E-state index is 5.35. The normalized spacial score (nSPS) is 12.5. The van der Waals surface area contributed by atoms with Gasteiger partial charge < -0.3 is 9.84 Å². The molecule has 3 aromatic rings. The predicted octanol–water partition coefficient (Wildman–Crippen LogP) is 3.88. The van der Waals surface area contributed by atoms with Crippen LogP contribution in [0.15, 0.2) is 34.9 Å². The Morgan fingerprint density at radius 1 is 1.12 bits per heavy atom. The summed E-state index contributed by atoms with van der Waals surface area (Å²) in [6.07, 6.45) is 1.52. The van der Waals surface area contributed by atoms with Gasteiger partial charge >= 0.3 is 0 Å². The number of nitrogens with zero attached hydrogens (tertiary/aromatic N) is 4. The number of benzene rings is 1. The first-order chi connectivity index (χ1) is 11.6. The number of hydrogen-bond donors (Lipinski definition) is 1. The highest BCUT2D eigenvalue weighted by atomic mass is 32.1. The molecule has 0 aliphatic rings. The van der Waals surface area contributed by atoms with Gasteiger partial charge in [-0.1, -0.05) is 49.3 Å². The van der Waals surface area contributed by atoms with Crippen LogP contribution in [0.3, 0.4) is 0 Å². The van der Waals surface area contributed by atoms with Gasteiger partial charge in [-0.05, 0) is 18.4 Å². The summed E-state index contributed by atoms with van der Waals surface area (Å²) in [6, 6.07) is 10.00. The summed E-state index contributed by atoms with van der Waals surface area (Å²) >= 11 is 1.37. The van der Waals surface area contributed by atoms with Gasteiger partial charge in [-0.25, -0.2) is 4.98 Å². The quantitative estimate of drug-likeness (QED) is 0.701. The number of nitrogens with one attached hydrogen (secondary N) is 1. The van der Waals surface area contributed by atoms with Crippen molar-refractivity contribution in [2.24, 2.45) is 5.92 Å². The van der Waals surface area contributed by atoms with E-state index in [1.807, 2.05) is 37.3 Å². The SMILES string of the molecule is CC(C)Cc1nsc(NC(C)c2noc(Cc3ccccc3)n2)n1. The molecule has 0 amide bonds. The molecule has 3 rings (SSSR count). The molecule has 0 aliphatic heterocycles. The van der Waals surface area contributed by atoms with Crippen LogP contribution in [-0.4, -0.2) is 19.5 Å². The Balaban J connectivity index is 1.61. The molecule has 6 nitrogen and oxygen atoms in total. The van der Waals surface area contributed by atoms with Crippen molar-refractivity contribution in [3.8, 4) is 0 Å². The molecule has 1 N–H and O–H groups in total. The van der Waals surface area contributed by atoms with E-state index >= 15 is 0 Å². The zero-order valence-electron chi connectivity index (χ0n) is 14.1. The van der Waals surface area contributed by atoms with E-state index in [0.29, 0.717) is 24.1 Å². The first kappa shape index (κ1) is 16.6. The van der Waals surface area contributed by atoms with Crippen LogP contribution in [0.2, 0.25) is 0 Å². The Kier molecular flexibility index (Phi) is 5.20. The molecule has 126 valence electrons. The summed E-state index contributed by atoms with van der Waals surface area (Å²) in [7, 11) is 0. The van der Waals surface area contributed by atoms with Crippen LogP contribution in [0.25, 0.3) is 0 Å². The van der Waals surface area contributed by atoms with Crippen LogP contribution in [0.5, 0.6) is 0 Å². The lowest BCUT2D eigenvalue weighted by atomic mass is 10.1. The molecule has 0 saturated heterocycles. The molecule has 0 bridgehead atoms. The largest absolute Gasteiger partial charge is 0.350 e. The smallest absolute Gasteiger partial charge is 0.231 e. The van der Waals surface area contributed by atoms with Gasteiger partial charge in [0.25, 0.3) is 0 Å². The fourth-order valence-electron chi connectivity index (χ4n) is 2.30. The Morgan fingerprint density at radius 3 is 2.67 bits per heavy atom. The molecule has 0 aliphatic carbocycles. The highest BCUT2D eigenvalue weighted by Crippen LogP contribution is 2.20. The molecule has 7 heteroatoms. The number of hydrogen-bond acceptors (Lipinski definition) is 7. The van der Waals surface area contributed by atoms with Crippen molar-refractivity contribution >= 4 is 16.7 Å². The number of anilines is 1. The summed E-state index contributed by atoms with van der Waals surface area (Å²) in [5.74, 6) is 2.66. The van der Waals surface area contributed by atoms with Gasteiger partial charge in [0.05, 0.1) is 12.5 Å². The molecule has 24 heavy (non-hydrogen) atoms. The van der Waals surface area contributed by atoms with E-state index in [9.17, 15) is 0 Å². The summed E-state index contributed by atoms with van der Waals surface area (Å²) in [5, 5.41) is 8.15. The highest BCUT2D eigenvalue weighted by molar-refractivity contribution is 7.09. The molecule has 2 aromatic heterocycles. The molecular formula is C17H21N5OS. The van der Waals surface area contributed by atoms with Crippen LogP contribution in [-0.2, 0) is 12.8 Å². The van der Waals surface area contributed by atoms with Gasteiger partial charge in [-0.2, -0.15) is 9.36 Å². The summed E-state index contributed by atoms with van der Waals surface area (Å²) in [4.78, 5) is 8.97. The average Bonchev–Trinajstić information content (AvgIpc) is 3.17. The van der Waals surface area contributed by atoms with Crippen molar-refractivity contribution < 1.29 is 4.52 Å². The minimum absolute atomic E-state index is 0.0851. The Bertz CT molecular complexity index is 768. The number of aromatic nitrogens is 4. The fraction of sp³-hybridized carbons (Fsp3) is 0.412. The van der Waals surface area contributed by atoms with Gasteiger partial charge in [-0.15, -0.1) is 0 Å². The Morgan fingerprint density at radius 2 is 1.92 bits per heavy atom. The third kappa shape index (κ3) is 4.38. The topological polar surface area (TPSA) is 76.7 Å². The predicted molar refractivity (Wildman–Crippen MR) is 94.0 cm³/mol. The van der Waals surface area contributed by atoms with Crippen LogP contribution >= 0.6 is 11.5 Å². The lowest BCUT2D eigenvalue weighted by Crippen LogP contribution is -2.08. The molecule has 0 fully saturated rings. The van der Waals surface area contributed by atoms with E-state index in [0.717, 1.165) is 22.9 Å². The van der Waals surface area contributed by atoms with Gasteiger partial charge in [0.1, 0.15) is 5.82 Å². The van der Waals surface area contributed by atoms with Gasteiger partial charge in [0.2, 0.25) is 11.0 Å². The van der Waals surface area contributed by atoms with E-state index < -0.39 is 0 Å². The second kappa shape index (κ2) is 7.53. The molecular weight excluding hydrogens is 322 g/mol. The molecule has 0 radical (unpaired) electrons. The van der Waals surface area contributed by atoms with Crippen LogP contribution in [0.4, 0.5) is 5.13 Å². The van der Waals surface area contributed by atoms with Crippen LogP contribution < -0.4 is 5.32 Å². The molecule has 1 atom stereocenters. The van der Waals surface area contributed by atoms with E-state index in [1.165, 1.54) is 11.5 Å². The minimum Gasteiger partial charge on any atom is -0.350 e. The van der Waals surface area contributed by atoms with E-state index in [1.54, 1.807) is 0 Å². The Labute approximate surface area is 145 Å². The third-order valence-corrected chi connectivity index (χ3v) is 4.15. The Hall–Kier alpha value is -2.28. The van der Waals surface area contributed by atoms with Crippen molar-refractivity contribution in [3.63, 3.8) is 0 Å². The van der Waals surface area contributed by atoms with E-state index in [-0.39, 0.29) is 6.04 Å². The minimum atomic E-state index is -0.0851. The maximum absolute atomic E-state index is 5.35. The van der Waals surface area contributed by atoms with Gasteiger partial charge in [0.15, 0.2) is 5.82 Å². The second-order valence-electron chi connectivity index (χ2n) is 6.19. The lowest BCUT2D eigenvalue weighted by Gasteiger charge is -2.06. The lowest BCUT2D eigenvalue weighted by molar-refractivity contribution is 0.378. The molecule has 1 unspecified atom stereocenters. The van der Waals surface area contributed by atoms with Crippen molar-refractivity contribution in [3.05, 3.63) is 53.4 Å². The van der Waals surface area contributed by atoms with Crippen molar-refractivity contribution in [1.29, 1.82) is 0 Å². The monoisotopic (exact) mass is 343 g/mol. The average molecular weight is 343 g/mol. The first-order valence-corrected chi connectivity index (χ1v) is 8.83. The molecule has 0 saturated carbocycles. The summed E-state index contributed by atoms with van der Waals surface area (Å²) in [6.45, 7) is 6.30. The number of rotatable bonds is 7. The van der Waals surface area contributed by atoms with E-state index in [2.05, 4.69) is 38.7 Å². The summed E-state index contributed by atoms with van der Waals surface area (Å²) in [5.41, 5.74) is 1.15. The van der Waals surface area contributed by atoms with E-state index in [4.69, 9.17) is 4.52 Å². The van der Waals surface area contributed by atoms with Gasteiger partial charge in [-0.3, -0.25) is 0 Å². The molecule has 1 aromatic carbocycles. The highest BCUT2D eigenvalue weighted by Gasteiger charge is 2.16. The van der Waals surface area contributed by atoms with Crippen molar-refractivity contribution in [2.45, 2.75) is 39.7 Å². The van der Waals surface area contributed by atoms with Crippen LogP contribution in [0, 0.1) is 5.92 Å².